The first-order valence-electron chi connectivity index (χ1n) is 9.02. The van der Waals surface area contributed by atoms with Crippen molar-refractivity contribution in [3.05, 3.63) is 48.4 Å². The van der Waals surface area contributed by atoms with E-state index in [0.717, 1.165) is 0 Å². The molecule has 2 heterocycles. The van der Waals surface area contributed by atoms with E-state index in [1.807, 2.05) is 6.07 Å². The maximum Gasteiger partial charge on any atom is 0.308 e. The number of nitrogens with one attached hydrogen (secondary N) is 1. The molecular formula is C20H22N2O6. The van der Waals surface area contributed by atoms with Crippen LogP contribution in [0.25, 0.3) is 0 Å². The topological polar surface area (TPSA) is 98.1 Å². The van der Waals surface area contributed by atoms with Gasteiger partial charge in [-0.15, -0.1) is 0 Å². The number of rotatable bonds is 7. The van der Waals surface area contributed by atoms with Gasteiger partial charge in [0.05, 0.1) is 24.9 Å². The van der Waals surface area contributed by atoms with Gasteiger partial charge < -0.3 is 24.1 Å². The third-order valence-corrected chi connectivity index (χ3v) is 4.31. The van der Waals surface area contributed by atoms with Crippen LogP contribution in [0.5, 0.6) is 5.75 Å². The number of nitrogens with zero attached hydrogens (tertiary/aromatic N) is 1. The van der Waals surface area contributed by atoms with Crippen LogP contribution in [0.3, 0.4) is 0 Å². The third-order valence-electron chi connectivity index (χ3n) is 4.31. The molecule has 28 heavy (non-hydrogen) atoms. The van der Waals surface area contributed by atoms with Gasteiger partial charge in [0.2, 0.25) is 0 Å². The number of amides is 2. The average Bonchev–Trinajstić information content (AvgIpc) is 3.20. The normalized spacial score (nSPS) is 16.7. The first-order valence-corrected chi connectivity index (χ1v) is 9.02. The summed E-state index contributed by atoms with van der Waals surface area (Å²) in [5, 5.41) is 2.63. The van der Waals surface area contributed by atoms with Crippen LogP contribution in [0, 0.1) is 0 Å². The van der Waals surface area contributed by atoms with Gasteiger partial charge in [-0.25, -0.2) is 0 Å². The molecule has 1 aromatic heterocycles. The van der Waals surface area contributed by atoms with Crippen molar-refractivity contribution < 1.29 is 28.3 Å². The number of esters is 1. The molecule has 0 fully saturated rings. The molecule has 2 amide bonds. The lowest BCUT2D eigenvalue weighted by molar-refractivity contribution is -0.154. The summed E-state index contributed by atoms with van der Waals surface area (Å²) in [6, 6.07) is 10.6. The Morgan fingerprint density at radius 2 is 2.04 bits per heavy atom. The predicted octanol–water partition coefficient (Wildman–Crippen LogP) is 2.03. The van der Waals surface area contributed by atoms with E-state index in [2.05, 4.69) is 5.32 Å². The highest BCUT2D eigenvalue weighted by Crippen LogP contribution is 2.33. The van der Waals surface area contributed by atoms with E-state index >= 15 is 0 Å². The average molecular weight is 386 g/mol. The van der Waals surface area contributed by atoms with E-state index in [1.54, 1.807) is 37.3 Å². The van der Waals surface area contributed by atoms with Crippen molar-refractivity contribution in [2.24, 2.45) is 0 Å². The highest BCUT2D eigenvalue weighted by molar-refractivity contribution is 6.00. The second-order valence-corrected chi connectivity index (χ2v) is 6.40. The lowest BCUT2D eigenvalue weighted by Gasteiger charge is -2.32. The molecule has 1 N–H and O–H groups in total. The summed E-state index contributed by atoms with van der Waals surface area (Å²) in [5.41, 5.74) is 0.614. The van der Waals surface area contributed by atoms with Crippen LogP contribution < -0.4 is 15.0 Å². The quantitative estimate of drug-likeness (QED) is 0.731. The molecule has 0 saturated heterocycles. The van der Waals surface area contributed by atoms with Gasteiger partial charge in [-0.3, -0.25) is 14.4 Å². The Balaban J connectivity index is 1.51. The van der Waals surface area contributed by atoms with Crippen molar-refractivity contribution in [3.8, 4) is 5.75 Å². The van der Waals surface area contributed by atoms with Crippen LogP contribution >= 0.6 is 0 Å². The molecule has 148 valence electrons. The zero-order valence-electron chi connectivity index (χ0n) is 15.7. The van der Waals surface area contributed by atoms with Gasteiger partial charge in [-0.2, -0.15) is 0 Å². The zero-order chi connectivity index (χ0) is 20.1. The van der Waals surface area contributed by atoms with Gasteiger partial charge in [0.15, 0.2) is 12.2 Å². The minimum absolute atomic E-state index is 0.0391. The van der Waals surface area contributed by atoms with Crippen LogP contribution in [-0.4, -0.2) is 36.5 Å². The molecular weight excluding hydrogens is 364 g/mol. The third kappa shape index (κ3) is 4.51. The van der Waals surface area contributed by atoms with Crippen molar-refractivity contribution in [1.82, 2.24) is 5.32 Å². The molecule has 8 nitrogen and oxygen atoms in total. The number of ether oxygens (including phenoxy) is 2. The Kier molecular flexibility index (Phi) is 5.98. The molecule has 1 aliphatic heterocycles. The molecule has 0 saturated carbocycles. The molecule has 1 aliphatic rings. The van der Waals surface area contributed by atoms with Crippen LogP contribution in [0.2, 0.25) is 0 Å². The summed E-state index contributed by atoms with van der Waals surface area (Å²) < 4.78 is 15.9. The number of carbonyl (C=O) groups excluding carboxylic acids is 3. The molecule has 0 radical (unpaired) electrons. The van der Waals surface area contributed by atoms with Crippen molar-refractivity contribution in [3.63, 3.8) is 0 Å². The first-order chi connectivity index (χ1) is 13.5. The Morgan fingerprint density at radius 3 is 2.79 bits per heavy atom. The molecule has 2 unspecified atom stereocenters. The molecule has 0 spiro atoms. The van der Waals surface area contributed by atoms with Crippen molar-refractivity contribution in [2.75, 3.05) is 11.4 Å². The van der Waals surface area contributed by atoms with Crippen LogP contribution in [0.4, 0.5) is 5.69 Å². The maximum atomic E-state index is 12.4. The van der Waals surface area contributed by atoms with Gasteiger partial charge in [-0.05, 0) is 38.1 Å². The number of fused-ring (bicyclic) bond motifs is 1. The second-order valence-electron chi connectivity index (χ2n) is 6.40. The predicted molar refractivity (Wildman–Crippen MR) is 99.6 cm³/mol. The fourth-order valence-corrected chi connectivity index (χ4v) is 2.83. The highest BCUT2D eigenvalue weighted by atomic mass is 16.5. The summed E-state index contributed by atoms with van der Waals surface area (Å²) >= 11 is 0. The summed E-state index contributed by atoms with van der Waals surface area (Å²) in [7, 11) is 0. The van der Waals surface area contributed by atoms with Crippen molar-refractivity contribution in [1.29, 1.82) is 0 Å². The van der Waals surface area contributed by atoms with Gasteiger partial charge >= 0.3 is 5.97 Å². The van der Waals surface area contributed by atoms with Crippen molar-refractivity contribution >= 4 is 23.5 Å². The monoisotopic (exact) mass is 386 g/mol. The summed E-state index contributed by atoms with van der Waals surface area (Å²) in [5.74, 6) is -0.0221. The minimum atomic E-state index is -0.950. The maximum absolute atomic E-state index is 12.4. The summed E-state index contributed by atoms with van der Waals surface area (Å²) in [6.07, 6.45) is -0.106. The van der Waals surface area contributed by atoms with E-state index < -0.39 is 24.1 Å². The molecule has 0 aliphatic carbocycles. The van der Waals surface area contributed by atoms with Gasteiger partial charge in [0, 0.05) is 6.54 Å². The van der Waals surface area contributed by atoms with Gasteiger partial charge in [0.1, 0.15) is 11.5 Å². The Labute approximate surface area is 162 Å². The molecule has 2 aromatic rings. The Morgan fingerprint density at radius 1 is 1.25 bits per heavy atom. The smallest absolute Gasteiger partial charge is 0.308 e. The van der Waals surface area contributed by atoms with E-state index in [-0.39, 0.29) is 25.4 Å². The Bertz CT molecular complexity index is 848. The summed E-state index contributed by atoms with van der Waals surface area (Å²) in [4.78, 5) is 38.1. The number of carbonyl (C=O) groups is 3. The van der Waals surface area contributed by atoms with Crippen LogP contribution in [-0.2, 0) is 25.7 Å². The summed E-state index contributed by atoms with van der Waals surface area (Å²) in [6.45, 7) is 3.51. The number of para-hydroxylation sites is 2. The number of benzene rings is 1. The van der Waals surface area contributed by atoms with E-state index in [1.165, 1.54) is 18.1 Å². The van der Waals surface area contributed by atoms with Crippen LogP contribution in [0.1, 0.15) is 26.0 Å². The van der Waals surface area contributed by atoms with Gasteiger partial charge in [-0.1, -0.05) is 12.1 Å². The molecule has 8 heteroatoms. The zero-order valence-corrected chi connectivity index (χ0v) is 15.7. The Hall–Kier alpha value is -3.29. The fraction of sp³-hybridized carbons (Fsp3) is 0.350. The van der Waals surface area contributed by atoms with E-state index in [0.29, 0.717) is 17.2 Å². The van der Waals surface area contributed by atoms with E-state index in [4.69, 9.17) is 13.9 Å². The number of hydrogen-bond acceptors (Lipinski definition) is 6. The number of anilines is 1. The lowest BCUT2D eigenvalue weighted by atomic mass is 10.2. The largest absolute Gasteiger partial charge is 0.479 e. The van der Waals surface area contributed by atoms with Crippen molar-refractivity contribution in [2.45, 2.75) is 39.0 Å². The SMILES string of the molecule is CC(OC(=O)CCN1C(=O)C(C)Oc2ccccc21)C(=O)NCc1ccco1. The minimum Gasteiger partial charge on any atom is -0.479 e. The fourth-order valence-electron chi connectivity index (χ4n) is 2.83. The van der Waals surface area contributed by atoms with Gasteiger partial charge in [0.25, 0.3) is 11.8 Å². The molecule has 2 atom stereocenters. The molecule has 1 aromatic carbocycles. The molecule has 0 bridgehead atoms. The standard InChI is InChI=1S/C20H22N2O6/c1-13(19(24)21-12-15-6-5-11-26-15)28-18(23)9-10-22-16-7-3-4-8-17(16)27-14(2)20(22)25/h3-8,11,13-14H,9-10,12H2,1-2H3,(H,21,24). The number of hydrogen-bond donors (Lipinski definition) is 1. The molecule has 3 rings (SSSR count). The number of furan rings is 1. The second kappa shape index (κ2) is 8.60. The van der Waals surface area contributed by atoms with Crippen LogP contribution in [0.15, 0.2) is 47.1 Å². The first kappa shape index (κ1) is 19.5. The lowest BCUT2D eigenvalue weighted by Crippen LogP contribution is -2.45. The highest BCUT2D eigenvalue weighted by Gasteiger charge is 2.31. The van der Waals surface area contributed by atoms with E-state index in [9.17, 15) is 14.4 Å².